The third-order valence-electron chi connectivity index (χ3n) is 6.88. The van der Waals surface area contributed by atoms with Crippen LogP contribution in [0.3, 0.4) is 0 Å². The van der Waals surface area contributed by atoms with E-state index < -0.39 is 30.0 Å². The van der Waals surface area contributed by atoms with Crippen molar-refractivity contribution >= 4 is 65.7 Å². The van der Waals surface area contributed by atoms with Gasteiger partial charge in [0.25, 0.3) is 0 Å². The Labute approximate surface area is 310 Å². The molecule has 4 aromatic rings. The van der Waals surface area contributed by atoms with Gasteiger partial charge in [-0.15, -0.1) is 10.2 Å². The normalized spacial score (nSPS) is 11.9. The van der Waals surface area contributed by atoms with Gasteiger partial charge in [0.05, 0.1) is 43.9 Å². The van der Waals surface area contributed by atoms with E-state index in [2.05, 4.69) is 20.5 Å². The van der Waals surface area contributed by atoms with Crippen LogP contribution < -0.4 is 82.0 Å². The van der Waals surface area contributed by atoms with E-state index in [1.54, 1.807) is 24.3 Å². The van der Waals surface area contributed by atoms with Crippen molar-refractivity contribution in [3.05, 3.63) is 70.8 Å². The standard InChI is InChI=1S/C28H30N8O6S2.2Na/c1-13-9-17(33-35-27-23(29)15(3)11-21(25(27)31)43(37,38)39)5-7-19(13)20-8-6-18(10-14(20)2)34-36-28-24(30)16(4)12-22(26(28)32)44(40,41)42;;/h5-12H,29-32H2,1-4H3,(H,37,38,39)(H,40,41,42);;/q;2*+1/p-2. The zero-order valence-corrected chi connectivity index (χ0v) is 31.6. The molecule has 0 aliphatic carbocycles. The maximum Gasteiger partial charge on any atom is 1.00 e. The van der Waals surface area contributed by atoms with E-state index in [1.165, 1.54) is 13.8 Å². The molecule has 0 spiro atoms. The van der Waals surface area contributed by atoms with Crippen LogP contribution in [0.4, 0.5) is 45.5 Å². The van der Waals surface area contributed by atoms with Crippen molar-refractivity contribution < 1.29 is 85.1 Å². The van der Waals surface area contributed by atoms with E-state index in [0.717, 1.165) is 34.4 Å². The van der Waals surface area contributed by atoms with Crippen molar-refractivity contribution in [3.8, 4) is 11.1 Å². The van der Waals surface area contributed by atoms with E-state index in [-0.39, 0.29) is 93.2 Å². The molecule has 0 saturated heterocycles. The van der Waals surface area contributed by atoms with Crippen molar-refractivity contribution in [2.45, 2.75) is 37.5 Å². The van der Waals surface area contributed by atoms with Gasteiger partial charge in [-0.2, -0.15) is 10.2 Å². The zero-order valence-electron chi connectivity index (χ0n) is 26.0. The summed E-state index contributed by atoms with van der Waals surface area (Å²) in [5.74, 6) is 0. The maximum absolute atomic E-state index is 11.6. The van der Waals surface area contributed by atoms with Gasteiger partial charge < -0.3 is 32.0 Å². The monoisotopic (exact) mass is 682 g/mol. The minimum atomic E-state index is -4.85. The van der Waals surface area contributed by atoms with Crippen LogP contribution in [-0.4, -0.2) is 25.9 Å². The first-order valence-corrected chi connectivity index (χ1v) is 15.6. The molecule has 0 aromatic heterocycles. The number of rotatable bonds is 7. The summed E-state index contributed by atoms with van der Waals surface area (Å²) in [5.41, 5.74) is 27.9. The van der Waals surface area contributed by atoms with Gasteiger partial charge in [0.1, 0.15) is 31.6 Å². The van der Waals surface area contributed by atoms with Gasteiger partial charge in [-0.3, -0.25) is 0 Å². The van der Waals surface area contributed by atoms with E-state index in [9.17, 15) is 25.9 Å². The van der Waals surface area contributed by atoms with E-state index in [4.69, 9.17) is 22.9 Å². The Hall–Kier alpha value is -2.90. The topological polar surface area (TPSA) is 268 Å². The number of nitrogen functional groups attached to an aromatic ring is 4. The van der Waals surface area contributed by atoms with Gasteiger partial charge in [-0.25, -0.2) is 16.8 Å². The van der Waals surface area contributed by atoms with Crippen molar-refractivity contribution in [1.82, 2.24) is 0 Å². The Kier molecular flexibility index (Phi) is 12.7. The Balaban J connectivity index is 0.00000368. The number of nitrogens with two attached hydrogens (primary N) is 4. The SMILES string of the molecule is Cc1cc(N=Nc2c(N)c(C)cc(S(=O)(=O)[O-])c2N)ccc1-c1ccc(N=Nc2c(N)c(C)cc(S(=O)(=O)[O-])c2N)cc1C.[Na+].[Na+]. The first-order chi connectivity index (χ1) is 20.4. The molecule has 0 radical (unpaired) electrons. The van der Waals surface area contributed by atoms with Crippen LogP contribution in [0.5, 0.6) is 0 Å². The summed E-state index contributed by atoms with van der Waals surface area (Å²) in [6.07, 6.45) is 0. The molecule has 0 bridgehead atoms. The number of azo groups is 2. The molecule has 18 heteroatoms. The minimum absolute atomic E-state index is 0. The summed E-state index contributed by atoms with van der Waals surface area (Å²) in [7, 11) is -9.70. The number of aryl methyl sites for hydroxylation is 4. The van der Waals surface area contributed by atoms with Gasteiger partial charge >= 0.3 is 59.1 Å². The van der Waals surface area contributed by atoms with E-state index in [0.29, 0.717) is 22.5 Å². The Morgan fingerprint density at radius 2 is 0.826 bits per heavy atom. The fourth-order valence-electron chi connectivity index (χ4n) is 4.47. The summed E-state index contributed by atoms with van der Waals surface area (Å²) >= 11 is 0. The van der Waals surface area contributed by atoms with Crippen molar-refractivity contribution in [1.29, 1.82) is 0 Å². The van der Waals surface area contributed by atoms with E-state index in [1.807, 2.05) is 26.0 Å². The van der Waals surface area contributed by atoms with Gasteiger partial charge in [-0.1, -0.05) is 12.1 Å². The Morgan fingerprint density at radius 1 is 0.500 bits per heavy atom. The number of hydrogen-bond donors (Lipinski definition) is 4. The van der Waals surface area contributed by atoms with Gasteiger partial charge in [-0.05, 0) is 97.5 Å². The molecule has 4 rings (SSSR count). The largest absolute Gasteiger partial charge is 1.00 e. The molecule has 0 heterocycles. The molecule has 4 aromatic carbocycles. The summed E-state index contributed by atoms with van der Waals surface area (Å²) in [5, 5.41) is 16.4. The van der Waals surface area contributed by atoms with Crippen molar-refractivity contribution in [3.63, 3.8) is 0 Å². The van der Waals surface area contributed by atoms with Gasteiger partial charge in [0, 0.05) is 0 Å². The molecule has 0 amide bonds. The van der Waals surface area contributed by atoms with Crippen LogP contribution in [0.1, 0.15) is 22.3 Å². The smallest absolute Gasteiger partial charge is 0.744 e. The predicted octanol–water partition coefficient (Wildman–Crippen LogP) is -0.437. The second-order valence-electron chi connectivity index (χ2n) is 10.0. The second kappa shape index (κ2) is 14.9. The predicted molar refractivity (Wildman–Crippen MR) is 166 cm³/mol. The number of benzene rings is 4. The molecule has 14 nitrogen and oxygen atoms in total. The van der Waals surface area contributed by atoms with Gasteiger partial charge in [0.2, 0.25) is 0 Å². The molecular formula is C28H28N8Na2O6S2. The molecule has 230 valence electrons. The van der Waals surface area contributed by atoms with Crippen LogP contribution in [0.15, 0.2) is 78.8 Å². The van der Waals surface area contributed by atoms with Crippen LogP contribution in [0.25, 0.3) is 11.1 Å². The summed E-state index contributed by atoms with van der Waals surface area (Å²) in [4.78, 5) is -1.23. The molecule has 0 aliphatic rings. The molecule has 0 saturated carbocycles. The average Bonchev–Trinajstić information content (AvgIpc) is 2.92. The number of nitrogens with zero attached hydrogens (tertiary/aromatic N) is 4. The summed E-state index contributed by atoms with van der Waals surface area (Å²) < 4.78 is 69.6. The summed E-state index contributed by atoms with van der Waals surface area (Å²) in [6.45, 7) is 6.79. The van der Waals surface area contributed by atoms with Crippen LogP contribution in [-0.2, 0) is 20.2 Å². The molecule has 46 heavy (non-hydrogen) atoms. The Bertz CT molecular complexity index is 1970. The quantitative estimate of drug-likeness (QED) is 0.0845. The maximum atomic E-state index is 11.6. The summed E-state index contributed by atoms with van der Waals surface area (Å²) in [6, 6.07) is 12.7. The fraction of sp³-hybridized carbons (Fsp3) is 0.143. The van der Waals surface area contributed by atoms with Gasteiger partial charge in [0.15, 0.2) is 0 Å². The fourth-order valence-corrected chi connectivity index (χ4v) is 5.84. The minimum Gasteiger partial charge on any atom is -0.744 e. The number of hydrogen-bond acceptors (Lipinski definition) is 14. The molecule has 8 N–H and O–H groups in total. The third kappa shape index (κ3) is 8.32. The van der Waals surface area contributed by atoms with Crippen LogP contribution in [0, 0.1) is 27.7 Å². The zero-order chi connectivity index (χ0) is 32.7. The van der Waals surface area contributed by atoms with Crippen molar-refractivity contribution in [2.75, 3.05) is 22.9 Å². The third-order valence-corrected chi connectivity index (χ3v) is 8.63. The molecule has 0 fully saturated rings. The first-order valence-electron chi connectivity index (χ1n) is 12.7. The number of anilines is 4. The molecule has 0 aliphatic heterocycles. The second-order valence-corrected chi connectivity index (χ2v) is 12.7. The van der Waals surface area contributed by atoms with E-state index >= 15 is 0 Å². The average molecular weight is 683 g/mol. The van der Waals surface area contributed by atoms with Crippen LogP contribution >= 0.6 is 0 Å². The van der Waals surface area contributed by atoms with Crippen LogP contribution in [0.2, 0.25) is 0 Å². The molecular weight excluding hydrogens is 654 g/mol. The first kappa shape index (κ1) is 39.3. The molecule has 0 unspecified atom stereocenters. The Morgan fingerprint density at radius 3 is 1.11 bits per heavy atom. The van der Waals surface area contributed by atoms with Crippen molar-refractivity contribution in [2.24, 2.45) is 20.5 Å². The molecule has 0 atom stereocenters.